The van der Waals surface area contributed by atoms with Crippen LogP contribution < -0.4 is 20.3 Å². The van der Waals surface area contributed by atoms with Crippen molar-refractivity contribution in [2.75, 3.05) is 14.2 Å². The third-order valence-corrected chi connectivity index (χ3v) is 6.19. The van der Waals surface area contributed by atoms with E-state index in [9.17, 15) is 9.59 Å². The number of aryl methyl sites for hydroxylation is 1. The Morgan fingerprint density at radius 2 is 1.82 bits per heavy atom. The fourth-order valence-electron chi connectivity index (χ4n) is 3.93. The van der Waals surface area contributed by atoms with E-state index < -0.39 is 0 Å². The fraction of sp³-hybridized carbons (Fsp3) is 0.192. The Labute approximate surface area is 202 Å². The lowest BCUT2D eigenvalue weighted by Gasteiger charge is -2.14. The molecule has 0 aliphatic carbocycles. The lowest BCUT2D eigenvalue weighted by atomic mass is 10.1. The molecule has 0 aliphatic rings. The Bertz CT molecular complexity index is 1520. The summed E-state index contributed by atoms with van der Waals surface area (Å²) in [5, 5.41) is 3.33. The molecule has 0 spiro atoms. The van der Waals surface area contributed by atoms with Crippen molar-refractivity contribution in [2.24, 2.45) is 0 Å². The smallest absolute Gasteiger partial charge is 0.266 e. The number of para-hydroxylation sites is 1. The molecule has 0 saturated carbocycles. The van der Waals surface area contributed by atoms with Gasteiger partial charge in [0, 0.05) is 17.7 Å². The molecule has 2 N–H and O–H groups in total. The number of rotatable bonds is 6. The second-order valence-corrected chi connectivity index (χ2v) is 8.27. The number of nitrogens with one attached hydrogen (secondary N) is 2. The molecular weight excluding hydrogens is 450 g/mol. The average molecular weight is 476 g/mol. The summed E-state index contributed by atoms with van der Waals surface area (Å²) in [6.45, 7) is 4.20. The molecular formula is C26H25N3O4S. The Morgan fingerprint density at radius 3 is 2.56 bits per heavy atom. The van der Waals surface area contributed by atoms with E-state index >= 15 is 0 Å². The second-order valence-electron chi connectivity index (χ2n) is 7.89. The molecule has 4 aromatic rings. The predicted octanol–water partition coefficient (Wildman–Crippen LogP) is 4.61. The van der Waals surface area contributed by atoms with E-state index in [-0.39, 0.29) is 22.8 Å². The van der Waals surface area contributed by atoms with Gasteiger partial charge in [-0.25, -0.2) is 0 Å². The zero-order chi connectivity index (χ0) is 24.4. The maximum absolute atomic E-state index is 13.3. The Hall–Kier alpha value is -3.91. The number of aromatic nitrogens is 2. The third kappa shape index (κ3) is 4.20. The van der Waals surface area contributed by atoms with Crippen LogP contribution in [0.25, 0.3) is 16.6 Å². The van der Waals surface area contributed by atoms with Crippen molar-refractivity contribution in [3.8, 4) is 17.2 Å². The average Bonchev–Trinajstić information content (AvgIpc) is 2.84. The van der Waals surface area contributed by atoms with Gasteiger partial charge in [-0.15, -0.1) is 0 Å². The van der Waals surface area contributed by atoms with Gasteiger partial charge in [-0.1, -0.05) is 24.3 Å². The summed E-state index contributed by atoms with van der Waals surface area (Å²) in [5.74, 6) is 0.873. The molecule has 8 heteroatoms. The molecule has 0 aliphatic heterocycles. The van der Waals surface area contributed by atoms with Crippen molar-refractivity contribution in [3.63, 3.8) is 0 Å². The molecule has 0 fully saturated rings. The molecule has 0 saturated heterocycles. The highest BCUT2D eigenvalue weighted by atomic mass is 32.1. The molecule has 0 radical (unpaired) electrons. The van der Waals surface area contributed by atoms with Crippen LogP contribution in [0.15, 0.2) is 59.4 Å². The third-order valence-electron chi connectivity index (χ3n) is 5.90. The first kappa shape index (κ1) is 23.3. The number of nitrogens with zero attached hydrogens (tertiary/aromatic N) is 1. The highest BCUT2D eigenvalue weighted by Crippen LogP contribution is 2.30. The van der Waals surface area contributed by atoms with Gasteiger partial charge < -0.3 is 19.8 Å². The SMILES string of the molecule is COc1cccc(CNC(=O)c2ccc3c(=O)n(-c4cccc(C)c4C)c(=S)[nH]c3c2)c1OC. The Morgan fingerprint density at radius 1 is 1.06 bits per heavy atom. The van der Waals surface area contributed by atoms with Gasteiger partial charge in [0.25, 0.3) is 11.5 Å². The summed E-state index contributed by atoms with van der Waals surface area (Å²) >= 11 is 5.51. The van der Waals surface area contributed by atoms with E-state index in [0.717, 1.165) is 22.4 Å². The van der Waals surface area contributed by atoms with Gasteiger partial charge in [0.2, 0.25) is 0 Å². The molecule has 1 aromatic heterocycles. The van der Waals surface area contributed by atoms with Crippen LogP contribution >= 0.6 is 12.2 Å². The molecule has 0 bridgehead atoms. The number of carbonyl (C=O) groups excluding carboxylic acids is 1. The minimum Gasteiger partial charge on any atom is -0.493 e. The van der Waals surface area contributed by atoms with Crippen molar-refractivity contribution in [1.82, 2.24) is 14.9 Å². The first-order valence-electron chi connectivity index (χ1n) is 10.7. The number of aromatic amines is 1. The van der Waals surface area contributed by atoms with Crippen molar-refractivity contribution >= 4 is 29.0 Å². The van der Waals surface area contributed by atoms with E-state index in [4.69, 9.17) is 21.7 Å². The number of H-pyrrole nitrogens is 1. The number of methoxy groups -OCH3 is 2. The standard InChI is InChI=1S/C26H25N3O4S/c1-15-7-5-9-21(16(15)2)29-25(31)19-12-11-17(13-20(19)28-26(29)34)24(30)27-14-18-8-6-10-22(32-3)23(18)33-4/h5-13H,14H2,1-4H3,(H,27,30)(H,28,34). The van der Waals surface area contributed by atoms with Crippen LogP contribution in [-0.2, 0) is 6.54 Å². The van der Waals surface area contributed by atoms with Crippen molar-refractivity contribution in [2.45, 2.75) is 20.4 Å². The fourth-order valence-corrected chi connectivity index (χ4v) is 4.22. The van der Waals surface area contributed by atoms with E-state index in [1.165, 1.54) is 4.57 Å². The van der Waals surface area contributed by atoms with Crippen LogP contribution in [-0.4, -0.2) is 29.7 Å². The molecule has 4 rings (SSSR count). The second kappa shape index (κ2) is 9.52. The summed E-state index contributed by atoms with van der Waals surface area (Å²) in [6, 6.07) is 16.1. The number of amides is 1. The zero-order valence-corrected chi connectivity index (χ0v) is 20.2. The number of carbonyl (C=O) groups is 1. The highest BCUT2D eigenvalue weighted by molar-refractivity contribution is 7.71. The molecule has 0 unspecified atom stereocenters. The van der Waals surface area contributed by atoms with Gasteiger partial charge in [0.1, 0.15) is 0 Å². The van der Waals surface area contributed by atoms with Gasteiger partial charge in [-0.05, 0) is 67.5 Å². The summed E-state index contributed by atoms with van der Waals surface area (Å²) < 4.78 is 12.5. The summed E-state index contributed by atoms with van der Waals surface area (Å²) in [7, 11) is 3.12. The highest BCUT2D eigenvalue weighted by Gasteiger charge is 2.14. The molecule has 7 nitrogen and oxygen atoms in total. The molecule has 34 heavy (non-hydrogen) atoms. The number of fused-ring (bicyclic) bond motifs is 1. The number of hydrogen-bond acceptors (Lipinski definition) is 5. The maximum atomic E-state index is 13.3. The van der Waals surface area contributed by atoms with Gasteiger partial charge in [0.15, 0.2) is 16.3 Å². The lowest BCUT2D eigenvalue weighted by Crippen LogP contribution is -2.24. The minimum absolute atomic E-state index is 0.236. The zero-order valence-electron chi connectivity index (χ0n) is 19.4. The normalized spacial score (nSPS) is 10.8. The Kier molecular flexibility index (Phi) is 6.51. The van der Waals surface area contributed by atoms with Gasteiger partial charge in [-0.3, -0.25) is 14.2 Å². The van der Waals surface area contributed by atoms with Crippen molar-refractivity contribution in [3.05, 3.63) is 92.0 Å². The largest absolute Gasteiger partial charge is 0.493 e. The van der Waals surface area contributed by atoms with Crippen LogP contribution in [0.1, 0.15) is 27.0 Å². The summed E-state index contributed by atoms with van der Waals surface area (Å²) in [6.07, 6.45) is 0. The monoisotopic (exact) mass is 475 g/mol. The van der Waals surface area contributed by atoms with E-state index in [2.05, 4.69) is 10.3 Å². The topological polar surface area (TPSA) is 85.4 Å². The summed E-state index contributed by atoms with van der Waals surface area (Å²) in [4.78, 5) is 29.2. The van der Waals surface area contributed by atoms with Crippen LogP contribution in [0, 0.1) is 18.6 Å². The minimum atomic E-state index is -0.287. The van der Waals surface area contributed by atoms with Gasteiger partial charge in [-0.2, -0.15) is 0 Å². The quantitative estimate of drug-likeness (QED) is 0.398. The van der Waals surface area contributed by atoms with E-state index in [0.29, 0.717) is 28.0 Å². The van der Waals surface area contributed by atoms with E-state index in [1.807, 2.05) is 44.2 Å². The number of ether oxygens (including phenoxy) is 2. The van der Waals surface area contributed by atoms with Gasteiger partial charge >= 0.3 is 0 Å². The number of hydrogen-bond donors (Lipinski definition) is 2. The van der Waals surface area contributed by atoms with Crippen LogP contribution in [0.3, 0.4) is 0 Å². The molecule has 1 amide bonds. The molecule has 174 valence electrons. The van der Waals surface area contributed by atoms with Crippen LogP contribution in [0.5, 0.6) is 11.5 Å². The number of benzene rings is 3. The Balaban J connectivity index is 1.66. The summed E-state index contributed by atoms with van der Waals surface area (Å²) in [5.41, 5.74) is 4.24. The lowest BCUT2D eigenvalue weighted by molar-refractivity contribution is 0.0950. The van der Waals surface area contributed by atoms with Crippen LogP contribution in [0.4, 0.5) is 0 Å². The first-order valence-corrected chi connectivity index (χ1v) is 11.1. The molecule has 1 heterocycles. The van der Waals surface area contributed by atoms with E-state index in [1.54, 1.807) is 38.5 Å². The molecule has 3 aromatic carbocycles. The van der Waals surface area contributed by atoms with Crippen molar-refractivity contribution in [1.29, 1.82) is 0 Å². The first-order chi connectivity index (χ1) is 16.3. The molecule has 0 atom stereocenters. The van der Waals surface area contributed by atoms with Crippen molar-refractivity contribution < 1.29 is 14.3 Å². The van der Waals surface area contributed by atoms with Crippen LogP contribution in [0.2, 0.25) is 0 Å². The predicted molar refractivity (Wildman–Crippen MR) is 135 cm³/mol. The van der Waals surface area contributed by atoms with Gasteiger partial charge in [0.05, 0.1) is 30.8 Å². The maximum Gasteiger partial charge on any atom is 0.266 e.